The van der Waals surface area contributed by atoms with E-state index in [0.717, 1.165) is 30.6 Å². The minimum Gasteiger partial charge on any atom is -0.374 e. The topological polar surface area (TPSA) is 38.3 Å². The Balaban J connectivity index is 1.43. The van der Waals surface area contributed by atoms with Crippen molar-refractivity contribution in [1.29, 1.82) is 0 Å². The van der Waals surface area contributed by atoms with E-state index in [2.05, 4.69) is 25.2 Å². The van der Waals surface area contributed by atoms with Crippen molar-refractivity contribution in [3.8, 4) is 0 Å². The van der Waals surface area contributed by atoms with Gasteiger partial charge < -0.3 is 10.1 Å². The lowest BCUT2D eigenvalue weighted by atomic mass is 9.50. The molecule has 5 unspecified atom stereocenters. The molecule has 0 aromatic heterocycles. The van der Waals surface area contributed by atoms with E-state index >= 15 is 0 Å². The Hall–Kier alpha value is -0.830. The molecule has 0 radical (unpaired) electrons. The first-order valence-electron chi connectivity index (χ1n) is 10.2. The van der Waals surface area contributed by atoms with E-state index in [-0.39, 0.29) is 11.3 Å². The van der Waals surface area contributed by atoms with Crippen molar-refractivity contribution < 1.29 is 9.53 Å². The zero-order valence-electron chi connectivity index (χ0n) is 15.1. The number of piperidine rings is 1. The molecule has 3 saturated carbocycles. The van der Waals surface area contributed by atoms with Crippen molar-refractivity contribution in [2.75, 3.05) is 0 Å². The lowest BCUT2D eigenvalue weighted by Gasteiger charge is -2.57. The molecular weight excluding hydrogens is 298 g/mol. The Kier molecular flexibility index (Phi) is 3.27. The third kappa shape index (κ3) is 2.09. The van der Waals surface area contributed by atoms with Crippen molar-refractivity contribution in [2.45, 2.75) is 83.8 Å². The Morgan fingerprint density at radius 2 is 1.92 bits per heavy atom. The smallest absolute Gasteiger partial charge is 0.224 e. The standard InChI is InChI=1S/C21H31NO2/c1-20-12-10-19(23)22-17(20)7-5-14-15-6-8-18(24-13-3-4-13)21(15,2)11-9-16(14)20/h7,13-16,18H,3-6,8-12H2,1-2H3,(H,22,23)/t14?,15?,16?,18-,20?,21?/m0/s1. The maximum Gasteiger partial charge on any atom is 0.224 e. The second-order valence-electron chi connectivity index (χ2n) is 9.64. The van der Waals surface area contributed by atoms with Crippen LogP contribution in [0.25, 0.3) is 0 Å². The average molecular weight is 329 g/mol. The van der Waals surface area contributed by atoms with Crippen molar-refractivity contribution in [3.05, 3.63) is 11.8 Å². The maximum atomic E-state index is 11.8. The highest BCUT2D eigenvalue weighted by atomic mass is 16.5. The van der Waals surface area contributed by atoms with Crippen LogP contribution in [0.4, 0.5) is 0 Å². The zero-order chi connectivity index (χ0) is 16.5. The Bertz CT molecular complexity index is 595. The van der Waals surface area contributed by atoms with Crippen LogP contribution in [0, 0.1) is 28.6 Å². The fraction of sp³-hybridized carbons (Fsp3) is 0.857. The normalized spacial score (nSPS) is 50.4. The van der Waals surface area contributed by atoms with Gasteiger partial charge in [-0.1, -0.05) is 19.9 Å². The molecule has 1 heterocycles. The number of amides is 1. The Labute approximate surface area is 145 Å². The van der Waals surface area contributed by atoms with Crippen molar-refractivity contribution in [1.82, 2.24) is 5.32 Å². The summed E-state index contributed by atoms with van der Waals surface area (Å²) in [5.74, 6) is 2.57. The fourth-order valence-electron chi connectivity index (χ4n) is 6.81. The average Bonchev–Trinajstić information content (AvgIpc) is 3.31. The third-order valence-electron chi connectivity index (χ3n) is 8.40. The molecule has 0 aromatic carbocycles. The SMILES string of the molecule is CC12CCC(=O)NC1=CCC1C2CCC2(C)C1CC[C@@H]2OC1CC1. The molecule has 3 nitrogen and oxygen atoms in total. The predicted octanol–water partition coefficient (Wildman–Crippen LogP) is 4.18. The molecule has 1 amide bonds. The number of carbonyl (C=O) groups is 1. The van der Waals surface area contributed by atoms with Crippen LogP contribution in [0.3, 0.4) is 0 Å². The van der Waals surface area contributed by atoms with Crippen LogP contribution in [0.5, 0.6) is 0 Å². The van der Waals surface area contributed by atoms with Gasteiger partial charge >= 0.3 is 0 Å². The summed E-state index contributed by atoms with van der Waals surface area (Å²) in [6.07, 6.45) is 14.2. The number of fused-ring (bicyclic) bond motifs is 5. The zero-order valence-corrected chi connectivity index (χ0v) is 15.1. The second-order valence-corrected chi connectivity index (χ2v) is 9.64. The molecule has 132 valence electrons. The summed E-state index contributed by atoms with van der Waals surface area (Å²) in [4.78, 5) is 11.8. The lowest BCUT2D eigenvalue weighted by Crippen LogP contribution is -2.54. The molecule has 5 rings (SSSR count). The molecule has 0 spiro atoms. The van der Waals surface area contributed by atoms with E-state index in [0.29, 0.717) is 24.0 Å². The molecule has 3 heteroatoms. The Morgan fingerprint density at radius 1 is 1.08 bits per heavy atom. The first-order chi connectivity index (χ1) is 11.5. The summed E-state index contributed by atoms with van der Waals surface area (Å²) >= 11 is 0. The molecule has 6 atom stereocenters. The minimum absolute atomic E-state index is 0.202. The van der Waals surface area contributed by atoms with E-state index in [1.165, 1.54) is 44.2 Å². The highest BCUT2D eigenvalue weighted by Gasteiger charge is 2.59. The largest absolute Gasteiger partial charge is 0.374 e. The molecule has 0 bridgehead atoms. The number of hydrogen-bond acceptors (Lipinski definition) is 2. The molecule has 1 aliphatic heterocycles. The van der Waals surface area contributed by atoms with Crippen molar-refractivity contribution >= 4 is 5.91 Å². The van der Waals surface area contributed by atoms with Crippen LogP contribution >= 0.6 is 0 Å². The van der Waals surface area contributed by atoms with Gasteiger partial charge in [-0.05, 0) is 74.5 Å². The molecule has 24 heavy (non-hydrogen) atoms. The third-order valence-corrected chi connectivity index (χ3v) is 8.40. The van der Waals surface area contributed by atoms with Gasteiger partial charge in [-0.25, -0.2) is 0 Å². The summed E-state index contributed by atoms with van der Waals surface area (Å²) in [6.45, 7) is 4.95. The molecule has 0 aromatic rings. The van der Waals surface area contributed by atoms with Gasteiger partial charge in [0.1, 0.15) is 0 Å². The molecule has 4 fully saturated rings. The summed E-state index contributed by atoms with van der Waals surface area (Å²) in [7, 11) is 0. The highest BCUT2D eigenvalue weighted by molar-refractivity contribution is 5.79. The molecule has 1 saturated heterocycles. The quantitative estimate of drug-likeness (QED) is 0.825. The highest BCUT2D eigenvalue weighted by Crippen LogP contribution is 2.64. The van der Waals surface area contributed by atoms with Crippen LogP contribution in [-0.2, 0) is 9.53 Å². The van der Waals surface area contributed by atoms with Crippen LogP contribution < -0.4 is 5.32 Å². The maximum absolute atomic E-state index is 11.8. The van der Waals surface area contributed by atoms with Gasteiger partial charge in [-0.2, -0.15) is 0 Å². The number of allylic oxidation sites excluding steroid dienone is 2. The fourth-order valence-corrected chi connectivity index (χ4v) is 6.81. The van der Waals surface area contributed by atoms with Gasteiger partial charge in [0.15, 0.2) is 0 Å². The summed E-state index contributed by atoms with van der Waals surface area (Å²) in [5, 5.41) is 3.20. The van der Waals surface area contributed by atoms with Gasteiger partial charge in [-0.3, -0.25) is 4.79 Å². The second kappa shape index (κ2) is 5.09. The summed E-state index contributed by atoms with van der Waals surface area (Å²) in [5.41, 5.74) is 1.84. The lowest BCUT2D eigenvalue weighted by molar-refractivity contribution is -0.126. The van der Waals surface area contributed by atoms with Gasteiger partial charge in [0.05, 0.1) is 12.2 Å². The van der Waals surface area contributed by atoms with Gasteiger partial charge in [0.2, 0.25) is 5.91 Å². The first kappa shape index (κ1) is 15.4. The summed E-state index contributed by atoms with van der Waals surface area (Å²) < 4.78 is 6.45. The van der Waals surface area contributed by atoms with Crippen LogP contribution in [-0.4, -0.2) is 18.1 Å². The van der Waals surface area contributed by atoms with Gasteiger partial charge in [-0.15, -0.1) is 0 Å². The first-order valence-corrected chi connectivity index (χ1v) is 10.2. The monoisotopic (exact) mass is 329 g/mol. The van der Waals surface area contributed by atoms with Gasteiger partial charge in [0, 0.05) is 17.5 Å². The van der Waals surface area contributed by atoms with Crippen LogP contribution in [0.2, 0.25) is 0 Å². The van der Waals surface area contributed by atoms with Gasteiger partial charge in [0.25, 0.3) is 0 Å². The van der Waals surface area contributed by atoms with Crippen LogP contribution in [0.15, 0.2) is 11.8 Å². The van der Waals surface area contributed by atoms with E-state index < -0.39 is 0 Å². The number of rotatable bonds is 2. The number of ether oxygens (including phenoxy) is 1. The number of hydrogen-bond donors (Lipinski definition) is 1. The predicted molar refractivity (Wildman–Crippen MR) is 93.1 cm³/mol. The Morgan fingerprint density at radius 3 is 2.71 bits per heavy atom. The van der Waals surface area contributed by atoms with E-state index in [1.807, 2.05) is 0 Å². The number of carbonyl (C=O) groups excluding carboxylic acids is 1. The molecule has 5 aliphatic rings. The van der Waals surface area contributed by atoms with E-state index in [9.17, 15) is 4.79 Å². The minimum atomic E-state index is 0.202. The summed E-state index contributed by atoms with van der Waals surface area (Å²) in [6, 6.07) is 0. The van der Waals surface area contributed by atoms with E-state index in [4.69, 9.17) is 4.74 Å². The van der Waals surface area contributed by atoms with Crippen molar-refractivity contribution in [2.24, 2.45) is 28.6 Å². The van der Waals surface area contributed by atoms with Crippen LogP contribution in [0.1, 0.15) is 71.6 Å². The molecular formula is C21H31NO2. The van der Waals surface area contributed by atoms with E-state index in [1.54, 1.807) is 0 Å². The molecule has 4 aliphatic carbocycles. The molecule has 1 N–H and O–H groups in total. The van der Waals surface area contributed by atoms with Crippen molar-refractivity contribution in [3.63, 3.8) is 0 Å². The number of nitrogens with one attached hydrogen (secondary N) is 1.